The van der Waals surface area contributed by atoms with Crippen molar-refractivity contribution in [2.45, 2.75) is 6.92 Å². The highest BCUT2D eigenvalue weighted by atomic mass is 35.5. The molecule has 1 amide bonds. The molecule has 0 radical (unpaired) electrons. The number of nitrogens with zero attached hydrogens (tertiary/aromatic N) is 2. The van der Waals surface area contributed by atoms with Crippen LogP contribution >= 0.6 is 11.6 Å². The number of aromatic nitrogens is 2. The molecule has 0 saturated carbocycles. The van der Waals surface area contributed by atoms with Crippen molar-refractivity contribution in [3.63, 3.8) is 0 Å². The predicted molar refractivity (Wildman–Crippen MR) is 102 cm³/mol. The zero-order valence-electron chi connectivity index (χ0n) is 14.1. The second-order valence-corrected chi connectivity index (χ2v) is 5.68. The Morgan fingerprint density at radius 2 is 1.77 bits per heavy atom. The topological polar surface area (TPSA) is 76.1 Å². The minimum Gasteiger partial charge on any atom is -0.492 e. The molecule has 0 aliphatic carbocycles. The molecule has 0 saturated heterocycles. The summed E-state index contributed by atoms with van der Waals surface area (Å²) in [6.07, 6.45) is 2.89. The second-order valence-electron chi connectivity index (χ2n) is 5.28. The maximum Gasteiger partial charge on any atom is 0.275 e. The van der Waals surface area contributed by atoms with Crippen molar-refractivity contribution in [2.24, 2.45) is 0 Å². The summed E-state index contributed by atoms with van der Waals surface area (Å²) in [6.45, 7) is 2.48. The Hall–Kier alpha value is -3.12. The fourth-order valence-corrected chi connectivity index (χ4v) is 2.43. The number of nitrogens with one attached hydrogen (secondary N) is 2. The Bertz CT molecular complexity index is 900. The summed E-state index contributed by atoms with van der Waals surface area (Å²) in [7, 11) is 0. The average molecular weight is 369 g/mol. The van der Waals surface area contributed by atoms with Gasteiger partial charge in [-0.1, -0.05) is 35.9 Å². The van der Waals surface area contributed by atoms with Gasteiger partial charge in [-0.25, -0.2) is 9.97 Å². The first-order valence-electron chi connectivity index (χ1n) is 8.04. The number of ether oxygens (including phenoxy) is 1. The highest BCUT2D eigenvalue weighted by Crippen LogP contribution is 2.26. The molecule has 1 aromatic heterocycles. The number of amides is 1. The second kappa shape index (κ2) is 8.31. The molecule has 2 N–H and O–H groups in total. The molecule has 3 rings (SSSR count). The summed E-state index contributed by atoms with van der Waals surface area (Å²) >= 11 is 6.04. The molecular weight excluding hydrogens is 352 g/mol. The number of hydrogen-bond acceptors (Lipinski definition) is 5. The van der Waals surface area contributed by atoms with Crippen molar-refractivity contribution in [3.8, 4) is 5.75 Å². The molecule has 0 spiro atoms. The molecule has 132 valence electrons. The minimum atomic E-state index is -0.383. The zero-order valence-corrected chi connectivity index (χ0v) is 14.8. The van der Waals surface area contributed by atoms with E-state index in [1.165, 1.54) is 12.4 Å². The van der Waals surface area contributed by atoms with Gasteiger partial charge in [0.05, 0.1) is 35.4 Å². The van der Waals surface area contributed by atoms with Crippen molar-refractivity contribution >= 4 is 34.7 Å². The summed E-state index contributed by atoms with van der Waals surface area (Å²) in [5.74, 6) is 0.843. The number of carbonyl (C=O) groups is 1. The Kier molecular flexibility index (Phi) is 5.66. The van der Waals surface area contributed by atoms with Crippen LogP contribution in [0, 0.1) is 0 Å². The lowest BCUT2D eigenvalue weighted by Gasteiger charge is -2.11. The van der Waals surface area contributed by atoms with E-state index in [1.807, 2.05) is 31.2 Å². The van der Waals surface area contributed by atoms with E-state index in [0.29, 0.717) is 23.1 Å². The lowest BCUT2D eigenvalue weighted by Crippen LogP contribution is -2.14. The predicted octanol–water partition coefficient (Wildman–Crippen LogP) is 4.52. The van der Waals surface area contributed by atoms with E-state index >= 15 is 0 Å². The third-order valence-electron chi connectivity index (χ3n) is 3.46. The number of rotatable bonds is 6. The van der Waals surface area contributed by atoms with E-state index in [1.54, 1.807) is 24.3 Å². The molecular formula is C19H17ClN4O2. The third kappa shape index (κ3) is 4.29. The van der Waals surface area contributed by atoms with Gasteiger partial charge in [0.15, 0.2) is 0 Å². The normalized spacial score (nSPS) is 10.2. The van der Waals surface area contributed by atoms with Gasteiger partial charge >= 0.3 is 0 Å². The summed E-state index contributed by atoms with van der Waals surface area (Å²) < 4.78 is 5.56. The highest BCUT2D eigenvalue weighted by Gasteiger charge is 2.11. The smallest absolute Gasteiger partial charge is 0.275 e. The van der Waals surface area contributed by atoms with Crippen LogP contribution in [0.25, 0.3) is 0 Å². The Morgan fingerprint density at radius 3 is 2.46 bits per heavy atom. The average Bonchev–Trinajstić information content (AvgIpc) is 2.66. The largest absolute Gasteiger partial charge is 0.492 e. The minimum absolute atomic E-state index is 0.188. The van der Waals surface area contributed by atoms with Gasteiger partial charge < -0.3 is 15.4 Å². The van der Waals surface area contributed by atoms with Crippen molar-refractivity contribution in [1.29, 1.82) is 0 Å². The van der Waals surface area contributed by atoms with Crippen LogP contribution in [0.2, 0.25) is 5.02 Å². The quantitative estimate of drug-likeness (QED) is 0.668. The van der Waals surface area contributed by atoms with Crippen LogP contribution in [0.4, 0.5) is 17.2 Å². The number of anilines is 3. The first-order valence-corrected chi connectivity index (χ1v) is 8.42. The molecule has 0 aliphatic rings. The number of carbonyl (C=O) groups excluding carboxylic acids is 1. The monoisotopic (exact) mass is 368 g/mol. The van der Waals surface area contributed by atoms with Gasteiger partial charge in [-0.05, 0) is 31.2 Å². The Morgan fingerprint density at radius 1 is 1.04 bits per heavy atom. The van der Waals surface area contributed by atoms with Crippen LogP contribution in [0.15, 0.2) is 60.9 Å². The van der Waals surface area contributed by atoms with E-state index in [-0.39, 0.29) is 11.6 Å². The first kappa shape index (κ1) is 17.7. The fraction of sp³-hybridized carbons (Fsp3) is 0.105. The van der Waals surface area contributed by atoms with Gasteiger partial charge in [-0.2, -0.15) is 0 Å². The maximum atomic E-state index is 12.3. The van der Waals surface area contributed by atoms with Gasteiger partial charge in [0.25, 0.3) is 5.91 Å². The summed E-state index contributed by atoms with van der Waals surface area (Å²) in [5, 5.41) is 6.30. The molecule has 0 bridgehead atoms. The van der Waals surface area contributed by atoms with Crippen molar-refractivity contribution < 1.29 is 9.53 Å². The molecule has 3 aromatic rings. The van der Waals surface area contributed by atoms with E-state index in [4.69, 9.17) is 16.3 Å². The lowest BCUT2D eigenvalue weighted by molar-refractivity contribution is 0.102. The van der Waals surface area contributed by atoms with E-state index in [9.17, 15) is 4.79 Å². The number of para-hydroxylation sites is 3. The van der Waals surface area contributed by atoms with Crippen LogP contribution in [-0.4, -0.2) is 22.5 Å². The SMILES string of the molecule is CCOc1ccccc1Nc1cnc(C(=O)Nc2ccccc2Cl)cn1. The molecule has 26 heavy (non-hydrogen) atoms. The van der Waals surface area contributed by atoms with Gasteiger partial charge in [-0.15, -0.1) is 0 Å². The van der Waals surface area contributed by atoms with Crippen LogP contribution in [0.1, 0.15) is 17.4 Å². The van der Waals surface area contributed by atoms with E-state index in [0.717, 1.165) is 11.4 Å². The molecule has 2 aromatic carbocycles. The number of hydrogen-bond donors (Lipinski definition) is 2. The Labute approximate surface area is 156 Å². The molecule has 0 atom stereocenters. The van der Waals surface area contributed by atoms with Crippen LogP contribution in [0.3, 0.4) is 0 Å². The zero-order chi connectivity index (χ0) is 18.4. The van der Waals surface area contributed by atoms with Crippen LogP contribution < -0.4 is 15.4 Å². The van der Waals surface area contributed by atoms with Gasteiger partial charge in [-0.3, -0.25) is 4.79 Å². The van der Waals surface area contributed by atoms with E-state index in [2.05, 4.69) is 20.6 Å². The molecule has 0 aliphatic heterocycles. The lowest BCUT2D eigenvalue weighted by atomic mass is 10.3. The fourth-order valence-electron chi connectivity index (χ4n) is 2.25. The van der Waals surface area contributed by atoms with Crippen molar-refractivity contribution in [2.75, 3.05) is 17.2 Å². The van der Waals surface area contributed by atoms with Crippen LogP contribution in [0.5, 0.6) is 5.75 Å². The molecule has 6 nitrogen and oxygen atoms in total. The maximum absolute atomic E-state index is 12.3. The van der Waals surface area contributed by atoms with Gasteiger partial charge in [0.1, 0.15) is 17.3 Å². The Balaban J connectivity index is 1.71. The summed E-state index contributed by atoms with van der Waals surface area (Å²) in [6, 6.07) is 14.5. The number of benzene rings is 2. The molecule has 1 heterocycles. The third-order valence-corrected chi connectivity index (χ3v) is 3.79. The number of halogens is 1. The summed E-state index contributed by atoms with van der Waals surface area (Å²) in [4.78, 5) is 20.7. The van der Waals surface area contributed by atoms with E-state index < -0.39 is 0 Å². The standard InChI is InChI=1S/C19H17ClN4O2/c1-2-26-17-10-6-5-9-15(17)23-18-12-21-16(11-22-18)19(25)24-14-8-4-3-7-13(14)20/h3-12H,2H2,1H3,(H,22,23)(H,24,25). The van der Waals surface area contributed by atoms with Crippen molar-refractivity contribution in [3.05, 3.63) is 71.6 Å². The van der Waals surface area contributed by atoms with Gasteiger partial charge in [0, 0.05) is 0 Å². The summed E-state index contributed by atoms with van der Waals surface area (Å²) in [5.41, 5.74) is 1.49. The van der Waals surface area contributed by atoms with Crippen LogP contribution in [-0.2, 0) is 0 Å². The highest BCUT2D eigenvalue weighted by molar-refractivity contribution is 6.33. The first-order chi connectivity index (χ1) is 12.7. The molecule has 7 heteroatoms. The molecule has 0 fully saturated rings. The van der Waals surface area contributed by atoms with Crippen molar-refractivity contribution in [1.82, 2.24) is 9.97 Å². The van der Waals surface area contributed by atoms with Gasteiger partial charge in [0.2, 0.25) is 0 Å². The molecule has 0 unspecified atom stereocenters.